The second-order valence-corrected chi connectivity index (χ2v) is 6.63. The average Bonchev–Trinajstić information content (AvgIpc) is 2.53. The van der Waals surface area contributed by atoms with Crippen molar-refractivity contribution in [2.45, 2.75) is 4.90 Å². The highest BCUT2D eigenvalue weighted by atomic mass is 32.2. The Hall–Kier alpha value is -3.08. The van der Waals surface area contributed by atoms with Gasteiger partial charge in [0.2, 0.25) is 5.91 Å². The van der Waals surface area contributed by atoms with Crippen molar-refractivity contribution in [3.63, 3.8) is 0 Å². The minimum Gasteiger partial charge on any atom is -0.368 e. The molecule has 0 fully saturated rings. The summed E-state index contributed by atoms with van der Waals surface area (Å²) in [6.45, 7) is -0.989. The largest absolute Gasteiger partial charge is 0.368 e. The maximum atomic E-state index is 14.0. The second kappa shape index (κ2) is 6.81. The monoisotopic (exact) mass is 371 g/mol. The summed E-state index contributed by atoms with van der Waals surface area (Å²) in [6.07, 6.45) is 0. The van der Waals surface area contributed by atoms with E-state index < -0.39 is 55.3 Å². The summed E-state index contributed by atoms with van der Waals surface area (Å²) in [4.78, 5) is 20.6. The average molecular weight is 371 g/mol. The van der Waals surface area contributed by atoms with Crippen LogP contribution in [0, 0.1) is 21.7 Å². The van der Waals surface area contributed by atoms with Crippen molar-refractivity contribution in [2.75, 3.05) is 10.8 Å². The molecule has 2 rings (SSSR count). The Morgan fingerprint density at radius 2 is 1.84 bits per heavy atom. The molecule has 1 amide bonds. The van der Waals surface area contributed by atoms with Crippen molar-refractivity contribution in [1.82, 2.24) is 0 Å². The molecule has 0 saturated carbocycles. The lowest BCUT2D eigenvalue weighted by atomic mass is 10.3. The smallest absolute Gasteiger partial charge is 0.289 e. The van der Waals surface area contributed by atoms with Gasteiger partial charge in [-0.25, -0.2) is 17.2 Å². The Labute approximate surface area is 140 Å². The van der Waals surface area contributed by atoms with Crippen molar-refractivity contribution < 1.29 is 26.9 Å². The predicted octanol–water partition coefficient (Wildman–Crippen LogP) is 1.55. The molecule has 11 heteroatoms. The Morgan fingerprint density at radius 3 is 2.40 bits per heavy atom. The van der Waals surface area contributed by atoms with E-state index in [0.717, 1.165) is 24.3 Å². The van der Waals surface area contributed by atoms with Crippen LogP contribution in [-0.4, -0.2) is 25.8 Å². The third kappa shape index (κ3) is 3.71. The lowest BCUT2D eigenvalue weighted by Gasteiger charge is -2.23. The molecule has 2 aromatic rings. The first-order chi connectivity index (χ1) is 11.6. The fourth-order valence-electron chi connectivity index (χ4n) is 2.07. The molecule has 0 atom stereocenters. The molecule has 0 bridgehead atoms. The molecule has 25 heavy (non-hydrogen) atoms. The number of anilines is 1. The number of sulfonamides is 1. The SMILES string of the molecule is NC(=O)CN(c1ccc(F)cc1F)S(=O)(=O)c1ccccc1[N+](=O)[O-]. The number of nitrogens with zero attached hydrogens (tertiary/aromatic N) is 2. The second-order valence-electron chi connectivity index (χ2n) is 4.80. The number of benzene rings is 2. The molecule has 0 aliphatic heterocycles. The van der Waals surface area contributed by atoms with Crippen LogP contribution in [0.2, 0.25) is 0 Å². The Balaban J connectivity index is 2.69. The topological polar surface area (TPSA) is 124 Å². The van der Waals surface area contributed by atoms with Crippen LogP contribution in [0.4, 0.5) is 20.2 Å². The summed E-state index contributed by atoms with van der Waals surface area (Å²) < 4.78 is 52.9. The zero-order valence-corrected chi connectivity index (χ0v) is 13.2. The summed E-state index contributed by atoms with van der Waals surface area (Å²) in [6, 6.07) is 6.33. The van der Waals surface area contributed by atoms with E-state index >= 15 is 0 Å². The van der Waals surface area contributed by atoms with Crippen molar-refractivity contribution in [3.8, 4) is 0 Å². The van der Waals surface area contributed by atoms with E-state index in [9.17, 15) is 32.1 Å². The maximum Gasteiger partial charge on any atom is 0.289 e. The summed E-state index contributed by atoms with van der Waals surface area (Å²) in [5.74, 6) is -3.38. The first-order valence-corrected chi connectivity index (χ1v) is 8.08. The van der Waals surface area contributed by atoms with E-state index in [0.29, 0.717) is 6.07 Å². The van der Waals surface area contributed by atoms with Crippen LogP contribution in [0.1, 0.15) is 0 Å². The fourth-order valence-corrected chi connectivity index (χ4v) is 3.67. The standard InChI is InChI=1S/C14H11F2N3O5S/c15-9-5-6-11(10(16)7-9)18(8-14(17)20)25(23,24)13-4-2-1-3-12(13)19(21)22/h1-7H,8H2,(H2,17,20). The summed E-state index contributed by atoms with van der Waals surface area (Å²) >= 11 is 0. The molecule has 8 nitrogen and oxygen atoms in total. The zero-order valence-electron chi connectivity index (χ0n) is 12.4. The third-order valence-electron chi connectivity index (χ3n) is 3.11. The number of hydrogen-bond donors (Lipinski definition) is 1. The molecule has 0 aliphatic rings. The first-order valence-electron chi connectivity index (χ1n) is 6.64. The van der Waals surface area contributed by atoms with Crippen molar-refractivity contribution in [2.24, 2.45) is 5.73 Å². The lowest BCUT2D eigenvalue weighted by Crippen LogP contribution is -2.39. The number of rotatable bonds is 6. The van der Waals surface area contributed by atoms with Crippen molar-refractivity contribution in [1.29, 1.82) is 0 Å². The van der Waals surface area contributed by atoms with Crippen LogP contribution in [0.5, 0.6) is 0 Å². The molecular weight excluding hydrogens is 360 g/mol. The maximum absolute atomic E-state index is 14.0. The van der Waals surface area contributed by atoms with Gasteiger partial charge in [-0.15, -0.1) is 0 Å². The highest BCUT2D eigenvalue weighted by Crippen LogP contribution is 2.31. The summed E-state index contributed by atoms with van der Waals surface area (Å²) in [5.41, 5.74) is 3.58. The zero-order chi connectivity index (χ0) is 18.8. The van der Waals surface area contributed by atoms with Crippen LogP contribution in [0.25, 0.3) is 0 Å². The van der Waals surface area contributed by atoms with Gasteiger partial charge in [-0.1, -0.05) is 12.1 Å². The van der Waals surface area contributed by atoms with Gasteiger partial charge in [-0.2, -0.15) is 0 Å². The van der Waals surface area contributed by atoms with Gasteiger partial charge in [-0.05, 0) is 18.2 Å². The van der Waals surface area contributed by atoms with E-state index in [4.69, 9.17) is 5.73 Å². The van der Waals surface area contributed by atoms with E-state index in [1.165, 1.54) is 12.1 Å². The molecule has 0 spiro atoms. The summed E-state index contributed by atoms with van der Waals surface area (Å²) in [5, 5.41) is 11.1. The molecule has 0 saturated heterocycles. The highest BCUT2D eigenvalue weighted by molar-refractivity contribution is 7.93. The number of carbonyl (C=O) groups excluding carboxylic acids is 1. The number of carbonyl (C=O) groups is 1. The fraction of sp³-hybridized carbons (Fsp3) is 0.0714. The highest BCUT2D eigenvalue weighted by Gasteiger charge is 2.34. The number of nitrogens with two attached hydrogens (primary N) is 1. The molecule has 2 aromatic carbocycles. The van der Waals surface area contributed by atoms with E-state index in [1.54, 1.807) is 0 Å². The molecule has 0 aliphatic carbocycles. The number of nitro benzene ring substituents is 1. The number of halogens is 2. The number of para-hydroxylation sites is 1. The molecule has 132 valence electrons. The quantitative estimate of drug-likeness (QED) is 0.609. The van der Waals surface area contributed by atoms with Gasteiger partial charge in [0, 0.05) is 12.1 Å². The van der Waals surface area contributed by atoms with Crippen molar-refractivity contribution >= 4 is 27.3 Å². The summed E-state index contributed by atoms with van der Waals surface area (Å²) in [7, 11) is -4.73. The van der Waals surface area contributed by atoms with Crippen LogP contribution in [-0.2, 0) is 14.8 Å². The molecule has 0 unspecified atom stereocenters. The first kappa shape index (κ1) is 18.3. The van der Waals surface area contributed by atoms with E-state index in [1.807, 2.05) is 0 Å². The Morgan fingerprint density at radius 1 is 1.20 bits per heavy atom. The van der Waals surface area contributed by atoms with Gasteiger partial charge >= 0.3 is 0 Å². The predicted molar refractivity (Wildman–Crippen MR) is 83.2 cm³/mol. The number of amides is 1. The van der Waals surface area contributed by atoms with E-state index in [-0.39, 0.29) is 4.31 Å². The Kier molecular flexibility index (Phi) is 4.97. The van der Waals surface area contributed by atoms with Gasteiger partial charge in [0.05, 0.1) is 10.6 Å². The van der Waals surface area contributed by atoms with Crippen molar-refractivity contribution in [3.05, 3.63) is 64.2 Å². The number of hydrogen-bond acceptors (Lipinski definition) is 5. The van der Waals surface area contributed by atoms with Gasteiger partial charge in [0.25, 0.3) is 15.7 Å². The molecule has 0 aromatic heterocycles. The molecular formula is C14H11F2N3O5S. The lowest BCUT2D eigenvalue weighted by molar-refractivity contribution is -0.387. The van der Waals surface area contributed by atoms with Gasteiger partial charge < -0.3 is 5.73 Å². The van der Waals surface area contributed by atoms with Gasteiger partial charge in [0.1, 0.15) is 18.2 Å². The van der Waals surface area contributed by atoms with Crippen LogP contribution < -0.4 is 10.0 Å². The minimum absolute atomic E-state index is 0.256. The van der Waals surface area contributed by atoms with Gasteiger partial charge in [-0.3, -0.25) is 19.2 Å². The third-order valence-corrected chi connectivity index (χ3v) is 4.91. The van der Waals surface area contributed by atoms with Crippen LogP contribution in [0.3, 0.4) is 0 Å². The molecule has 0 radical (unpaired) electrons. The Bertz CT molecular complexity index is 949. The molecule has 2 N–H and O–H groups in total. The normalized spacial score (nSPS) is 11.1. The number of nitro groups is 1. The molecule has 0 heterocycles. The number of primary amides is 1. The van der Waals surface area contributed by atoms with Gasteiger partial charge in [0.15, 0.2) is 4.90 Å². The van der Waals surface area contributed by atoms with Crippen LogP contribution in [0.15, 0.2) is 47.4 Å². The van der Waals surface area contributed by atoms with Crippen LogP contribution >= 0.6 is 0 Å². The minimum atomic E-state index is -4.73. The van der Waals surface area contributed by atoms with E-state index in [2.05, 4.69) is 0 Å².